The third-order valence-corrected chi connectivity index (χ3v) is 1.20. The maximum atomic E-state index is 10.3. The normalized spacial score (nSPS) is 14.9. The lowest BCUT2D eigenvalue weighted by atomic mass is 10.1. The molecule has 0 aliphatic heterocycles. The van der Waals surface area contributed by atoms with Gasteiger partial charge >= 0.3 is 0 Å². The monoisotopic (exact) mass is 135 g/mol. The van der Waals surface area contributed by atoms with Crippen molar-refractivity contribution < 1.29 is 9.53 Å². The molecule has 0 atom stereocenters. The molecule has 0 aromatic carbocycles. The van der Waals surface area contributed by atoms with Crippen molar-refractivity contribution in [3.63, 3.8) is 0 Å². The number of ether oxygens (including phenoxy) is 1. The second kappa shape index (κ2) is 2.95. The van der Waals surface area contributed by atoms with E-state index in [0.29, 0.717) is 11.3 Å². The molecule has 0 heterocycles. The number of methoxy groups -OCH3 is 1. The van der Waals surface area contributed by atoms with E-state index in [4.69, 9.17) is 4.74 Å². The van der Waals surface area contributed by atoms with E-state index in [1.54, 1.807) is 18.2 Å². The molecule has 2 heteroatoms. The number of hydrogen-bond donors (Lipinski definition) is 0. The standard InChI is InChI=1S/C8H7O2/c1-10-8-5-3-2-4-7(8)6-9/h2,4-6H,1H3/q+1. The Bertz CT molecular complexity index is 221. The molecule has 0 fully saturated rings. The average molecular weight is 135 g/mol. The average Bonchev–Trinajstić information content (AvgIpc) is 2.04. The van der Waals surface area contributed by atoms with Crippen molar-refractivity contribution in [1.82, 2.24) is 0 Å². The van der Waals surface area contributed by atoms with Crippen LogP contribution < -0.4 is 0 Å². The van der Waals surface area contributed by atoms with Crippen molar-refractivity contribution in [2.75, 3.05) is 7.11 Å². The zero-order valence-electron chi connectivity index (χ0n) is 5.63. The highest BCUT2D eigenvalue weighted by Gasteiger charge is 2.11. The van der Waals surface area contributed by atoms with Gasteiger partial charge in [0.15, 0.2) is 11.9 Å². The molecule has 0 N–H and O–H groups in total. The molecule has 1 rings (SSSR count). The molecule has 0 spiro atoms. The number of hydrogen-bond acceptors (Lipinski definition) is 2. The third-order valence-electron chi connectivity index (χ3n) is 1.20. The Morgan fingerprint density at radius 1 is 1.70 bits per heavy atom. The van der Waals surface area contributed by atoms with Crippen molar-refractivity contribution in [1.29, 1.82) is 0 Å². The number of rotatable bonds is 2. The first-order chi connectivity index (χ1) is 4.88. The Morgan fingerprint density at radius 3 is 3.00 bits per heavy atom. The summed E-state index contributed by atoms with van der Waals surface area (Å²) in [5, 5.41) is 0. The van der Waals surface area contributed by atoms with E-state index in [1.165, 1.54) is 7.11 Å². The van der Waals surface area contributed by atoms with Gasteiger partial charge in [0.25, 0.3) is 0 Å². The maximum absolute atomic E-state index is 10.3. The highest BCUT2D eigenvalue weighted by Crippen LogP contribution is 2.10. The third kappa shape index (κ3) is 1.12. The lowest BCUT2D eigenvalue weighted by Crippen LogP contribution is -1.93. The van der Waals surface area contributed by atoms with E-state index in [0.717, 1.165) is 6.29 Å². The summed E-state index contributed by atoms with van der Waals surface area (Å²) < 4.78 is 4.87. The molecule has 0 aromatic heterocycles. The van der Waals surface area contributed by atoms with Crippen LogP contribution in [0.15, 0.2) is 29.6 Å². The summed E-state index contributed by atoms with van der Waals surface area (Å²) >= 11 is 0. The molecule has 1 aliphatic rings. The number of aldehydes is 1. The number of allylic oxidation sites excluding steroid dienone is 5. The van der Waals surface area contributed by atoms with Crippen molar-refractivity contribution in [2.45, 2.75) is 0 Å². The molecule has 0 saturated carbocycles. The zero-order chi connectivity index (χ0) is 7.40. The second-order valence-electron chi connectivity index (χ2n) is 1.79. The van der Waals surface area contributed by atoms with Crippen LogP contribution in [0.2, 0.25) is 0 Å². The smallest absolute Gasteiger partial charge is 0.244 e. The molecule has 0 bridgehead atoms. The van der Waals surface area contributed by atoms with E-state index in [-0.39, 0.29) is 0 Å². The maximum Gasteiger partial charge on any atom is 0.244 e. The van der Waals surface area contributed by atoms with Crippen LogP contribution in [0.4, 0.5) is 0 Å². The summed E-state index contributed by atoms with van der Waals surface area (Å²) in [5.41, 5.74) is 0.557. The first kappa shape index (κ1) is 6.72. The van der Waals surface area contributed by atoms with Crippen molar-refractivity contribution >= 4 is 6.29 Å². The number of carbonyl (C=O) groups excluding carboxylic acids is 1. The molecular weight excluding hydrogens is 128 g/mol. The van der Waals surface area contributed by atoms with Gasteiger partial charge in [-0.15, -0.1) is 0 Å². The van der Waals surface area contributed by atoms with Gasteiger partial charge in [-0.3, -0.25) is 4.79 Å². The Kier molecular flexibility index (Phi) is 1.98. The summed E-state index contributed by atoms with van der Waals surface area (Å²) in [4.78, 5) is 10.3. The Hall–Kier alpha value is -1.40. The van der Waals surface area contributed by atoms with Gasteiger partial charge < -0.3 is 4.74 Å². The fourth-order valence-electron chi connectivity index (χ4n) is 0.701. The van der Waals surface area contributed by atoms with Gasteiger partial charge in [-0.2, -0.15) is 0 Å². The highest BCUT2D eigenvalue weighted by atomic mass is 16.5. The van der Waals surface area contributed by atoms with E-state index in [2.05, 4.69) is 6.08 Å². The summed E-state index contributed by atoms with van der Waals surface area (Å²) in [5.74, 6) is 0.567. The molecular formula is C8H7O2+. The molecule has 50 valence electrons. The van der Waals surface area contributed by atoms with Gasteiger partial charge in [-0.25, -0.2) is 0 Å². The molecule has 0 saturated heterocycles. The Balaban J connectivity index is 2.97. The molecule has 0 aromatic rings. The Labute approximate surface area is 59.5 Å². The van der Waals surface area contributed by atoms with E-state index < -0.39 is 0 Å². The van der Waals surface area contributed by atoms with Crippen LogP contribution >= 0.6 is 0 Å². The molecule has 0 amide bonds. The minimum absolute atomic E-state index is 0.557. The van der Waals surface area contributed by atoms with Crippen LogP contribution in [0.5, 0.6) is 0 Å². The van der Waals surface area contributed by atoms with Crippen molar-refractivity contribution in [3.8, 4) is 0 Å². The van der Waals surface area contributed by atoms with Gasteiger partial charge in [-0.1, -0.05) is 0 Å². The SMILES string of the molecule is COC1=C(C=O)C=C[C+]=C1. The van der Waals surface area contributed by atoms with Gasteiger partial charge in [-0.05, 0) is 0 Å². The first-order valence-electron chi connectivity index (χ1n) is 2.87. The van der Waals surface area contributed by atoms with Gasteiger partial charge in [0.05, 0.1) is 13.2 Å². The summed E-state index contributed by atoms with van der Waals surface area (Å²) in [6, 6.07) is 0. The quantitative estimate of drug-likeness (QED) is 0.417. The van der Waals surface area contributed by atoms with Crippen LogP contribution in [0, 0.1) is 6.08 Å². The van der Waals surface area contributed by atoms with E-state index in [9.17, 15) is 4.79 Å². The van der Waals surface area contributed by atoms with Crippen LogP contribution in [0.25, 0.3) is 0 Å². The minimum Gasteiger partial charge on any atom is -0.436 e. The lowest BCUT2D eigenvalue weighted by molar-refractivity contribution is -0.104. The fraction of sp³-hybridized carbons (Fsp3) is 0.125. The predicted molar refractivity (Wildman–Crippen MR) is 37.1 cm³/mol. The van der Waals surface area contributed by atoms with E-state index in [1.807, 2.05) is 0 Å². The molecule has 10 heavy (non-hydrogen) atoms. The fourth-order valence-corrected chi connectivity index (χ4v) is 0.701. The van der Waals surface area contributed by atoms with E-state index >= 15 is 0 Å². The minimum atomic E-state index is 0.557. The largest absolute Gasteiger partial charge is 0.436 e. The first-order valence-corrected chi connectivity index (χ1v) is 2.87. The zero-order valence-corrected chi connectivity index (χ0v) is 5.63. The molecule has 1 aliphatic carbocycles. The topological polar surface area (TPSA) is 26.3 Å². The predicted octanol–water partition coefficient (Wildman–Crippen LogP) is 1.01. The molecule has 2 nitrogen and oxygen atoms in total. The highest BCUT2D eigenvalue weighted by molar-refractivity contribution is 5.79. The summed E-state index contributed by atoms with van der Waals surface area (Å²) in [7, 11) is 1.52. The van der Waals surface area contributed by atoms with Gasteiger partial charge in [0, 0.05) is 6.08 Å². The van der Waals surface area contributed by atoms with Crippen molar-refractivity contribution in [3.05, 3.63) is 35.6 Å². The van der Waals surface area contributed by atoms with Crippen LogP contribution in [-0.2, 0) is 9.53 Å². The molecule has 0 unspecified atom stereocenters. The Morgan fingerprint density at radius 2 is 2.50 bits per heavy atom. The van der Waals surface area contributed by atoms with Crippen LogP contribution in [0.3, 0.4) is 0 Å². The van der Waals surface area contributed by atoms with Crippen LogP contribution in [-0.4, -0.2) is 13.4 Å². The van der Waals surface area contributed by atoms with Crippen LogP contribution in [0.1, 0.15) is 0 Å². The second-order valence-corrected chi connectivity index (χ2v) is 1.79. The van der Waals surface area contributed by atoms with Gasteiger partial charge in [0.1, 0.15) is 12.2 Å². The van der Waals surface area contributed by atoms with Crippen molar-refractivity contribution in [2.24, 2.45) is 0 Å². The van der Waals surface area contributed by atoms with Gasteiger partial charge in [0.2, 0.25) is 5.76 Å². The number of carbonyl (C=O) groups is 1. The summed E-state index contributed by atoms with van der Waals surface area (Å²) in [6.45, 7) is 0. The lowest BCUT2D eigenvalue weighted by Gasteiger charge is -1.94. The summed E-state index contributed by atoms with van der Waals surface area (Å²) in [6.07, 6.45) is 8.52. The molecule has 0 radical (unpaired) electrons.